The largest absolute Gasteiger partial charge is 0.469 e. The molecule has 0 unspecified atom stereocenters. The van der Waals surface area contributed by atoms with Crippen LogP contribution in [0.2, 0.25) is 0 Å². The van der Waals surface area contributed by atoms with E-state index in [1.165, 1.54) is 7.11 Å². The molecule has 0 amide bonds. The van der Waals surface area contributed by atoms with Gasteiger partial charge in [-0.2, -0.15) is 0 Å². The maximum atomic E-state index is 11.0. The lowest BCUT2D eigenvalue weighted by atomic mass is 10.1. The molecule has 1 fully saturated rings. The van der Waals surface area contributed by atoms with E-state index in [4.69, 9.17) is 5.11 Å². The lowest BCUT2D eigenvalue weighted by Gasteiger charge is -1.99. The number of ether oxygens (including phenoxy) is 1. The van der Waals surface area contributed by atoms with Crippen LogP contribution in [-0.2, 0) is 9.53 Å². The number of aliphatic hydroxyl groups is 1. The summed E-state index contributed by atoms with van der Waals surface area (Å²) in [6.45, 7) is 4.01. The van der Waals surface area contributed by atoms with Gasteiger partial charge in [-0.15, -0.1) is 0 Å². The molecule has 0 heterocycles. The average molecular weight is 158 g/mol. The van der Waals surface area contributed by atoms with E-state index in [1.807, 2.05) is 13.8 Å². The molecule has 1 aliphatic rings. The quantitative estimate of drug-likeness (QED) is 0.592. The normalized spacial score (nSPS) is 33.1. The maximum Gasteiger partial charge on any atom is 0.309 e. The number of aliphatic hydroxyl groups excluding tert-OH is 1. The zero-order chi connectivity index (χ0) is 8.65. The van der Waals surface area contributed by atoms with E-state index in [-0.39, 0.29) is 29.8 Å². The van der Waals surface area contributed by atoms with E-state index >= 15 is 0 Å². The predicted octanol–water partition coefficient (Wildman–Crippen LogP) is 0.424. The first kappa shape index (κ1) is 8.53. The molecule has 0 aromatic heterocycles. The topological polar surface area (TPSA) is 46.5 Å². The fourth-order valence-corrected chi connectivity index (χ4v) is 1.68. The van der Waals surface area contributed by atoms with Gasteiger partial charge in [0.2, 0.25) is 0 Å². The Bertz CT molecular complexity index is 174. The van der Waals surface area contributed by atoms with Gasteiger partial charge >= 0.3 is 5.97 Å². The highest BCUT2D eigenvalue weighted by atomic mass is 16.5. The fourth-order valence-electron chi connectivity index (χ4n) is 1.68. The van der Waals surface area contributed by atoms with Crippen LogP contribution in [0, 0.1) is 17.3 Å². The van der Waals surface area contributed by atoms with E-state index in [2.05, 4.69) is 4.74 Å². The van der Waals surface area contributed by atoms with E-state index in [9.17, 15) is 4.79 Å². The van der Waals surface area contributed by atoms with Crippen LogP contribution in [0.5, 0.6) is 0 Å². The highest BCUT2D eigenvalue weighted by Gasteiger charge is 2.62. The first-order valence-electron chi connectivity index (χ1n) is 3.74. The van der Waals surface area contributed by atoms with Gasteiger partial charge in [0.15, 0.2) is 0 Å². The van der Waals surface area contributed by atoms with E-state index < -0.39 is 0 Å². The molecule has 11 heavy (non-hydrogen) atoms. The smallest absolute Gasteiger partial charge is 0.309 e. The molecule has 3 heteroatoms. The second-order valence-corrected chi connectivity index (χ2v) is 3.61. The van der Waals surface area contributed by atoms with Gasteiger partial charge in [-0.05, 0) is 5.41 Å². The van der Waals surface area contributed by atoms with Crippen LogP contribution in [0.1, 0.15) is 13.8 Å². The van der Waals surface area contributed by atoms with Crippen LogP contribution in [0.25, 0.3) is 0 Å². The van der Waals surface area contributed by atoms with Crippen molar-refractivity contribution < 1.29 is 14.6 Å². The molecule has 2 atom stereocenters. The standard InChI is InChI=1S/C8H14O3/c1-8(2)5(4-9)6(8)7(10)11-3/h5-6,9H,4H2,1-3H3/t5-,6-/m0/s1. The maximum absolute atomic E-state index is 11.0. The molecule has 0 bridgehead atoms. The molecule has 0 radical (unpaired) electrons. The molecule has 64 valence electrons. The number of hydrogen-bond donors (Lipinski definition) is 1. The molecule has 0 saturated heterocycles. The van der Waals surface area contributed by atoms with Gasteiger partial charge in [0.05, 0.1) is 13.0 Å². The minimum absolute atomic E-state index is 0.0676. The van der Waals surface area contributed by atoms with Crippen molar-refractivity contribution in [2.75, 3.05) is 13.7 Å². The van der Waals surface area contributed by atoms with Gasteiger partial charge < -0.3 is 9.84 Å². The minimum Gasteiger partial charge on any atom is -0.469 e. The number of methoxy groups -OCH3 is 1. The zero-order valence-electron chi connectivity index (χ0n) is 7.13. The molecule has 0 aliphatic heterocycles. The first-order valence-corrected chi connectivity index (χ1v) is 3.74. The summed E-state index contributed by atoms with van der Waals surface area (Å²) in [7, 11) is 1.38. The molecular weight excluding hydrogens is 144 g/mol. The van der Waals surface area contributed by atoms with Crippen LogP contribution in [0.3, 0.4) is 0 Å². The van der Waals surface area contributed by atoms with Crippen molar-refractivity contribution in [2.45, 2.75) is 13.8 Å². The zero-order valence-corrected chi connectivity index (χ0v) is 7.13. The lowest BCUT2D eigenvalue weighted by molar-refractivity contribution is -0.143. The Morgan fingerprint density at radius 2 is 2.18 bits per heavy atom. The van der Waals surface area contributed by atoms with Gasteiger partial charge in [0, 0.05) is 12.5 Å². The SMILES string of the molecule is COC(=O)[C@@H]1[C@H](CO)C1(C)C. The summed E-state index contributed by atoms with van der Waals surface area (Å²) in [6, 6.07) is 0. The van der Waals surface area contributed by atoms with Crippen molar-refractivity contribution in [3.8, 4) is 0 Å². The van der Waals surface area contributed by atoms with Crippen molar-refractivity contribution >= 4 is 5.97 Å². The lowest BCUT2D eigenvalue weighted by Crippen LogP contribution is -2.07. The Balaban J connectivity index is 2.58. The Labute approximate surface area is 66.4 Å². The van der Waals surface area contributed by atoms with Crippen LogP contribution >= 0.6 is 0 Å². The predicted molar refractivity (Wildman–Crippen MR) is 39.9 cm³/mol. The Kier molecular flexibility index (Phi) is 1.92. The van der Waals surface area contributed by atoms with E-state index in [1.54, 1.807) is 0 Å². The number of carbonyl (C=O) groups excluding carboxylic acids is 1. The minimum atomic E-state index is -0.200. The number of esters is 1. The second-order valence-electron chi connectivity index (χ2n) is 3.61. The summed E-state index contributed by atoms with van der Waals surface area (Å²) < 4.78 is 4.59. The summed E-state index contributed by atoms with van der Waals surface area (Å²) in [6.07, 6.45) is 0. The van der Waals surface area contributed by atoms with Crippen LogP contribution in [0.4, 0.5) is 0 Å². The molecule has 1 rings (SSSR count). The van der Waals surface area contributed by atoms with Crippen LogP contribution in [0.15, 0.2) is 0 Å². The fraction of sp³-hybridized carbons (Fsp3) is 0.875. The third-order valence-electron chi connectivity index (χ3n) is 2.70. The Morgan fingerprint density at radius 3 is 2.45 bits per heavy atom. The molecule has 0 aromatic carbocycles. The number of rotatable bonds is 2. The average Bonchev–Trinajstić information content (AvgIpc) is 2.51. The van der Waals surface area contributed by atoms with Gasteiger partial charge in [-0.25, -0.2) is 0 Å². The Hall–Kier alpha value is -0.570. The highest BCUT2D eigenvalue weighted by molar-refractivity contribution is 5.77. The number of carbonyl (C=O) groups is 1. The molecule has 0 spiro atoms. The second kappa shape index (κ2) is 2.48. The monoisotopic (exact) mass is 158 g/mol. The molecule has 1 N–H and O–H groups in total. The van der Waals surface area contributed by atoms with Crippen molar-refractivity contribution in [1.82, 2.24) is 0 Å². The van der Waals surface area contributed by atoms with Crippen LogP contribution in [-0.4, -0.2) is 24.8 Å². The number of hydrogen-bond acceptors (Lipinski definition) is 3. The summed E-state index contributed by atoms with van der Waals surface area (Å²) in [5.41, 5.74) is -0.0676. The third kappa shape index (κ3) is 1.13. The van der Waals surface area contributed by atoms with Crippen molar-refractivity contribution in [3.05, 3.63) is 0 Å². The highest BCUT2D eigenvalue weighted by Crippen LogP contribution is 2.58. The molecule has 1 saturated carbocycles. The first-order chi connectivity index (χ1) is 5.05. The van der Waals surface area contributed by atoms with Crippen molar-refractivity contribution in [3.63, 3.8) is 0 Å². The summed E-state index contributed by atoms with van der Waals surface area (Å²) in [5, 5.41) is 8.85. The molecule has 3 nitrogen and oxygen atoms in total. The van der Waals surface area contributed by atoms with Crippen LogP contribution < -0.4 is 0 Å². The van der Waals surface area contributed by atoms with E-state index in [0.717, 1.165) is 0 Å². The van der Waals surface area contributed by atoms with Gasteiger partial charge in [-0.3, -0.25) is 4.79 Å². The summed E-state index contributed by atoms with van der Waals surface area (Å²) in [4.78, 5) is 11.0. The summed E-state index contributed by atoms with van der Waals surface area (Å²) in [5.74, 6) is -0.207. The molecule has 1 aliphatic carbocycles. The van der Waals surface area contributed by atoms with E-state index in [0.29, 0.717) is 0 Å². The molecular formula is C8H14O3. The summed E-state index contributed by atoms with van der Waals surface area (Å²) >= 11 is 0. The van der Waals surface area contributed by atoms with Gasteiger partial charge in [0.25, 0.3) is 0 Å². The van der Waals surface area contributed by atoms with Gasteiger partial charge in [-0.1, -0.05) is 13.8 Å². The third-order valence-corrected chi connectivity index (χ3v) is 2.70. The van der Waals surface area contributed by atoms with Crippen molar-refractivity contribution in [2.24, 2.45) is 17.3 Å². The molecule has 0 aromatic rings. The van der Waals surface area contributed by atoms with Crippen molar-refractivity contribution in [1.29, 1.82) is 0 Å². The Morgan fingerprint density at radius 1 is 1.64 bits per heavy atom. The van der Waals surface area contributed by atoms with Gasteiger partial charge in [0.1, 0.15) is 0 Å².